The molecule has 6 nitrogen and oxygen atoms in total. The van der Waals surface area contributed by atoms with E-state index in [1.807, 2.05) is 30.3 Å². The lowest BCUT2D eigenvalue weighted by molar-refractivity contribution is -0.121. The van der Waals surface area contributed by atoms with Gasteiger partial charge in [0.05, 0.1) is 17.4 Å². The number of hydrogen-bond donors (Lipinski definition) is 1. The maximum Gasteiger partial charge on any atom is 0.262 e. The molecule has 2 amide bonds. The zero-order chi connectivity index (χ0) is 25.1. The number of hydrogen-bond acceptors (Lipinski definition) is 5. The summed E-state index contributed by atoms with van der Waals surface area (Å²) in [5.74, 6) is -1.35. The van der Waals surface area contributed by atoms with E-state index in [-0.39, 0.29) is 24.1 Å². The average molecular weight is 501 g/mol. The lowest BCUT2D eigenvalue weighted by atomic mass is 9.97. The molecule has 36 heavy (non-hydrogen) atoms. The number of benzene rings is 3. The van der Waals surface area contributed by atoms with Gasteiger partial charge in [0.1, 0.15) is 11.1 Å². The summed E-state index contributed by atoms with van der Waals surface area (Å²) in [6.45, 7) is 2.12. The fraction of sp³-hybridized carbons (Fsp3) is 0.214. The van der Waals surface area contributed by atoms with Gasteiger partial charge in [-0.2, -0.15) is 10.1 Å². The number of amides is 2. The molecule has 0 bridgehead atoms. The van der Waals surface area contributed by atoms with Crippen LogP contribution in [0.15, 0.2) is 89.0 Å². The largest absolute Gasteiger partial charge is 0.324 e. The average Bonchev–Trinajstić information content (AvgIpc) is 3.50. The van der Waals surface area contributed by atoms with Crippen LogP contribution in [0, 0.1) is 5.82 Å². The van der Waals surface area contributed by atoms with Crippen molar-refractivity contribution in [2.45, 2.75) is 37.5 Å². The first-order valence-electron chi connectivity index (χ1n) is 11.9. The number of hydrazone groups is 1. The standard InChI is InChI=1S/C28H25FN4O2S/c1-2-18-12-14-20(15-13-18)24-16-23(19-8-4-3-5-9-19)32-33(24)28-31-27(35)25(36-28)17-26(34)30-22-11-7-6-10-21(22)29/h3-15,24-25H,2,16-17H2,1H3,(H,30,34)/t24-,25+/m0/s1. The summed E-state index contributed by atoms with van der Waals surface area (Å²) in [6.07, 6.45) is 1.51. The Labute approximate surface area is 213 Å². The van der Waals surface area contributed by atoms with Gasteiger partial charge in [-0.3, -0.25) is 9.59 Å². The van der Waals surface area contributed by atoms with Crippen molar-refractivity contribution in [2.24, 2.45) is 10.1 Å². The summed E-state index contributed by atoms with van der Waals surface area (Å²) in [7, 11) is 0. The number of aliphatic imine (C=N–C) groups is 1. The number of halogens is 1. The second-order valence-corrected chi connectivity index (χ2v) is 9.81. The number of nitrogens with one attached hydrogen (secondary N) is 1. The van der Waals surface area contributed by atoms with Crippen molar-refractivity contribution in [2.75, 3.05) is 5.32 Å². The Balaban J connectivity index is 1.35. The highest BCUT2D eigenvalue weighted by Crippen LogP contribution is 2.38. The Kier molecular flexibility index (Phi) is 6.95. The predicted octanol–water partition coefficient (Wildman–Crippen LogP) is 5.57. The molecule has 182 valence electrons. The molecular formula is C28H25FN4O2S. The molecule has 0 saturated heterocycles. The Morgan fingerprint density at radius 2 is 1.78 bits per heavy atom. The number of carbonyl (C=O) groups is 2. The van der Waals surface area contributed by atoms with E-state index in [1.165, 1.54) is 29.5 Å². The minimum atomic E-state index is -0.689. The van der Waals surface area contributed by atoms with Gasteiger partial charge in [0.25, 0.3) is 5.91 Å². The second kappa shape index (κ2) is 10.5. The molecule has 0 aliphatic carbocycles. The first kappa shape index (κ1) is 23.9. The molecule has 2 atom stereocenters. The molecule has 0 aromatic heterocycles. The monoisotopic (exact) mass is 500 g/mol. The van der Waals surface area contributed by atoms with Crippen molar-refractivity contribution in [3.05, 3.63) is 101 Å². The number of thioether (sulfide) groups is 1. The first-order chi connectivity index (χ1) is 17.5. The molecule has 0 radical (unpaired) electrons. The highest BCUT2D eigenvalue weighted by molar-refractivity contribution is 8.15. The first-order valence-corrected chi connectivity index (χ1v) is 12.7. The molecule has 0 unspecified atom stereocenters. The van der Waals surface area contributed by atoms with Crippen LogP contribution in [-0.4, -0.2) is 33.0 Å². The van der Waals surface area contributed by atoms with Gasteiger partial charge in [-0.05, 0) is 35.2 Å². The molecule has 0 spiro atoms. The topological polar surface area (TPSA) is 74.1 Å². The smallest absolute Gasteiger partial charge is 0.262 e. The molecule has 2 aliphatic heterocycles. The van der Waals surface area contributed by atoms with Crippen molar-refractivity contribution in [3.63, 3.8) is 0 Å². The molecule has 1 N–H and O–H groups in total. The van der Waals surface area contributed by atoms with E-state index < -0.39 is 17.0 Å². The van der Waals surface area contributed by atoms with E-state index in [2.05, 4.69) is 41.5 Å². The predicted molar refractivity (Wildman–Crippen MR) is 141 cm³/mol. The lowest BCUT2D eigenvalue weighted by Crippen LogP contribution is -2.25. The van der Waals surface area contributed by atoms with Gasteiger partial charge < -0.3 is 5.32 Å². The maximum absolute atomic E-state index is 13.9. The van der Waals surface area contributed by atoms with Crippen LogP contribution in [-0.2, 0) is 16.0 Å². The fourth-order valence-electron chi connectivity index (χ4n) is 4.26. The minimum Gasteiger partial charge on any atom is -0.324 e. The Bertz CT molecular complexity index is 1340. The number of aryl methyl sites for hydroxylation is 1. The van der Waals surface area contributed by atoms with Crippen molar-refractivity contribution >= 4 is 40.1 Å². The van der Waals surface area contributed by atoms with Gasteiger partial charge >= 0.3 is 0 Å². The number of para-hydroxylation sites is 1. The Morgan fingerprint density at radius 1 is 1.06 bits per heavy atom. The molecule has 2 aliphatic rings. The van der Waals surface area contributed by atoms with E-state index in [1.54, 1.807) is 17.1 Å². The molecule has 3 aromatic carbocycles. The van der Waals surface area contributed by atoms with Gasteiger partial charge in [0.15, 0.2) is 5.17 Å². The van der Waals surface area contributed by atoms with Crippen molar-refractivity contribution in [1.29, 1.82) is 0 Å². The van der Waals surface area contributed by atoms with E-state index in [0.717, 1.165) is 23.3 Å². The zero-order valence-corrected chi connectivity index (χ0v) is 20.5. The maximum atomic E-state index is 13.9. The lowest BCUT2D eigenvalue weighted by Gasteiger charge is -2.23. The van der Waals surface area contributed by atoms with Crippen LogP contribution < -0.4 is 5.32 Å². The Hall–Kier alpha value is -3.78. The fourth-order valence-corrected chi connectivity index (χ4v) is 5.33. The van der Waals surface area contributed by atoms with E-state index in [9.17, 15) is 14.0 Å². The summed E-state index contributed by atoms with van der Waals surface area (Å²) in [5, 5.41) is 9.00. The summed E-state index contributed by atoms with van der Waals surface area (Å²) >= 11 is 1.23. The van der Waals surface area contributed by atoms with Crippen LogP contribution in [0.1, 0.15) is 42.5 Å². The van der Waals surface area contributed by atoms with Gasteiger partial charge in [-0.15, -0.1) is 0 Å². The van der Waals surface area contributed by atoms with Crippen molar-refractivity contribution in [3.8, 4) is 0 Å². The van der Waals surface area contributed by atoms with Gasteiger partial charge in [-0.25, -0.2) is 9.40 Å². The summed E-state index contributed by atoms with van der Waals surface area (Å²) in [4.78, 5) is 29.6. The van der Waals surface area contributed by atoms with Gasteiger partial charge in [-0.1, -0.05) is 85.4 Å². The number of anilines is 1. The van der Waals surface area contributed by atoms with Crippen LogP contribution in [0.25, 0.3) is 0 Å². The zero-order valence-electron chi connectivity index (χ0n) is 19.7. The normalized spacial score (nSPS) is 19.3. The third-order valence-corrected chi connectivity index (χ3v) is 7.38. The molecule has 0 saturated carbocycles. The molecule has 0 fully saturated rings. The summed E-state index contributed by atoms with van der Waals surface area (Å²) in [5.41, 5.74) is 4.35. The van der Waals surface area contributed by atoms with Crippen LogP contribution in [0.5, 0.6) is 0 Å². The van der Waals surface area contributed by atoms with E-state index >= 15 is 0 Å². The van der Waals surface area contributed by atoms with Crippen molar-refractivity contribution < 1.29 is 14.0 Å². The minimum absolute atomic E-state index is 0.0892. The third-order valence-electron chi connectivity index (χ3n) is 6.23. The third kappa shape index (κ3) is 5.09. The molecule has 5 rings (SSSR count). The SMILES string of the molecule is CCc1ccc([C@@H]2CC(c3ccccc3)=NN2C2=NC(=O)[C@@H](CC(=O)Nc3ccccc3F)S2)cc1. The van der Waals surface area contributed by atoms with Gasteiger partial charge in [0.2, 0.25) is 5.91 Å². The highest BCUT2D eigenvalue weighted by Gasteiger charge is 2.39. The van der Waals surface area contributed by atoms with E-state index in [4.69, 9.17) is 5.10 Å². The molecular weight excluding hydrogens is 475 g/mol. The molecule has 8 heteroatoms. The molecule has 2 heterocycles. The number of carbonyl (C=O) groups excluding carboxylic acids is 2. The molecule has 3 aromatic rings. The number of rotatable bonds is 6. The highest BCUT2D eigenvalue weighted by atomic mass is 32.2. The second-order valence-electron chi connectivity index (χ2n) is 8.64. The Morgan fingerprint density at radius 3 is 2.50 bits per heavy atom. The van der Waals surface area contributed by atoms with Crippen LogP contribution in [0.4, 0.5) is 10.1 Å². The van der Waals surface area contributed by atoms with Gasteiger partial charge in [0, 0.05) is 12.8 Å². The quantitative estimate of drug-likeness (QED) is 0.481. The summed E-state index contributed by atoms with van der Waals surface area (Å²) in [6, 6.07) is 24.2. The van der Waals surface area contributed by atoms with Crippen LogP contribution in [0.3, 0.4) is 0 Å². The van der Waals surface area contributed by atoms with Crippen LogP contribution >= 0.6 is 11.8 Å². The van der Waals surface area contributed by atoms with Crippen LogP contribution in [0.2, 0.25) is 0 Å². The number of amidine groups is 1. The number of nitrogens with zero attached hydrogens (tertiary/aromatic N) is 3. The van der Waals surface area contributed by atoms with Crippen molar-refractivity contribution in [1.82, 2.24) is 5.01 Å². The van der Waals surface area contributed by atoms with E-state index in [0.29, 0.717) is 11.6 Å². The summed E-state index contributed by atoms with van der Waals surface area (Å²) < 4.78 is 13.9.